The van der Waals surface area contributed by atoms with Crippen molar-refractivity contribution in [2.75, 3.05) is 6.61 Å². The maximum Gasteiger partial charge on any atom is 0.310 e. The van der Waals surface area contributed by atoms with E-state index in [1.165, 1.54) is 12.3 Å². The summed E-state index contributed by atoms with van der Waals surface area (Å²) in [5, 5.41) is 0. The normalized spacial score (nSPS) is 9.93. The number of hydrogen-bond donors (Lipinski definition) is 0. The van der Waals surface area contributed by atoms with Crippen molar-refractivity contribution in [3.05, 3.63) is 27.3 Å². The van der Waals surface area contributed by atoms with E-state index >= 15 is 0 Å². The van der Waals surface area contributed by atoms with Gasteiger partial charge in [-0.25, -0.2) is 4.98 Å². The van der Waals surface area contributed by atoms with Gasteiger partial charge in [-0.2, -0.15) is 4.39 Å². The van der Waals surface area contributed by atoms with Crippen molar-refractivity contribution in [1.29, 1.82) is 0 Å². The summed E-state index contributed by atoms with van der Waals surface area (Å²) in [4.78, 5) is 14.6. The number of carbonyl (C=O) groups is 1. The van der Waals surface area contributed by atoms with Crippen molar-refractivity contribution in [3.63, 3.8) is 0 Å². The molecule has 0 radical (unpaired) electrons. The summed E-state index contributed by atoms with van der Waals surface area (Å²) in [5.74, 6) is -0.860. The van der Waals surface area contributed by atoms with Crippen molar-refractivity contribution in [3.8, 4) is 0 Å². The second-order valence-electron chi connectivity index (χ2n) is 2.58. The highest BCUT2D eigenvalue weighted by atomic mass is 127. The van der Waals surface area contributed by atoms with E-state index in [0.29, 0.717) is 15.7 Å². The highest BCUT2D eigenvalue weighted by Crippen LogP contribution is 2.12. The summed E-state index contributed by atoms with van der Waals surface area (Å²) in [6.45, 7) is 2.09. The van der Waals surface area contributed by atoms with Gasteiger partial charge in [-0.1, -0.05) is 0 Å². The van der Waals surface area contributed by atoms with Crippen LogP contribution < -0.4 is 0 Å². The zero-order valence-corrected chi connectivity index (χ0v) is 9.75. The molecule has 0 fully saturated rings. The van der Waals surface area contributed by atoms with E-state index in [2.05, 4.69) is 4.98 Å². The lowest BCUT2D eigenvalue weighted by Crippen LogP contribution is -2.09. The molecule has 0 bridgehead atoms. The molecular weight excluding hydrogens is 300 g/mol. The van der Waals surface area contributed by atoms with Gasteiger partial charge >= 0.3 is 5.97 Å². The Bertz CT molecular complexity index is 344. The third-order valence-corrected chi connectivity index (χ3v) is 2.54. The molecule has 1 rings (SSSR count). The first-order chi connectivity index (χ1) is 6.63. The summed E-state index contributed by atoms with van der Waals surface area (Å²) >= 11 is 1.96. The topological polar surface area (TPSA) is 39.2 Å². The van der Waals surface area contributed by atoms with Crippen LogP contribution in [0.2, 0.25) is 0 Å². The molecule has 0 aliphatic heterocycles. The van der Waals surface area contributed by atoms with Crippen LogP contribution in [0.3, 0.4) is 0 Å². The number of esters is 1. The van der Waals surface area contributed by atoms with Crippen LogP contribution in [0.4, 0.5) is 4.39 Å². The van der Waals surface area contributed by atoms with Gasteiger partial charge in [0.2, 0.25) is 5.95 Å². The minimum Gasteiger partial charge on any atom is -0.466 e. The van der Waals surface area contributed by atoms with Gasteiger partial charge in [-0.15, -0.1) is 0 Å². The van der Waals surface area contributed by atoms with Crippen molar-refractivity contribution in [1.82, 2.24) is 4.98 Å². The Morgan fingerprint density at radius 1 is 1.71 bits per heavy atom. The zero-order valence-electron chi connectivity index (χ0n) is 7.59. The van der Waals surface area contributed by atoms with Crippen LogP contribution in [0.5, 0.6) is 0 Å². The highest BCUT2D eigenvalue weighted by Gasteiger charge is 2.08. The van der Waals surface area contributed by atoms with Gasteiger partial charge in [0.1, 0.15) is 0 Å². The van der Waals surface area contributed by atoms with Crippen LogP contribution in [0.25, 0.3) is 0 Å². The molecule has 0 amide bonds. The number of halogens is 2. The van der Waals surface area contributed by atoms with Gasteiger partial charge in [0.25, 0.3) is 0 Å². The van der Waals surface area contributed by atoms with E-state index in [1.807, 2.05) is 22.6 Å². The molecule has 1 aromatic heterocycles. The second kappa shape index (κ2) is 5.23. The standard InChI is InChI=1S/C9H9FINO2/c1-2-14-9(13)3-6-5-12-8(10)4-7(6)11/h4-5H,2-3H2,1H3. The van der Waals surface area contributed by atoms with Crippen LogP contribution in [-0.2, 0) is 16.0 Å². The lowest BCUT2D eigenvalue weighted by atomic mass is 10.2. The van der Waals surface area contributed by atoms with E-state index in [1.54, 1.807) is 6.92 Å². The van der Waals surface area contributed by atoms with E-state index in [-0.39, 0.29) is 12.4 Å². The fraction of sp³-hybridized carbons (Fsp3) is 0.333. The maximum absolute atomic E-state index is 12.6. The van der Waals surface area contributed by atoms with Gasteiger partial charge in [0.05, 0.1) is 13.0 Å². The van der Waals surface area contributed by atoms with Crippen molar-refractivity contribution in [2.24, 2.45) is 0 Å². The van der Waals surface area contributed by atoms with Gasteiger partial charge in [-0.05, 0) is 35.1 Å². The third kappa shape index (κ3) is 3.21. The largest absolute Gasteiger partial charge is 0.466 e. The van der Waals surface area contributed by atoms with E-state index in [9.17, 15) is 9.18 Å². The van der Waals surface area contributed by atoms with Gasteiger partial charge in [0, 0.05) is 15.8 Å². The Morgan fingerprint density at radius 2 is 2.43 bits per heavy atom. The Hall–Kier alpha value is -0.720. The molecule has 14 heavy (non-hydrogen) atoms. The predicted molar refractivity (Wildman–Crippen MR) is 57.2 cm³/mol. The smallest absolute Gasteiger partial charge is 0.310 e. The number of pyridine rings is 1. The molecule has 5 heteroatoms. The van der Waals surface area contributed by atoms with Gasteiger partial charge in [-0.3, -0.25) is 4.79 Å². The number of ether oxygens (including phenoxy) is 1. The first-order valence-corrected chi connectivity index (χ1v) is 5.17. The molecule has 0 saturated heterocycles. The number of carbonyl (C=O) groups excluding carboxylic acids is 1. The zero-order chi connectivity index (χ0) is 10.6. The molecule has 0 aromatic carbocycles. The Labute approximate surface area is 94.8 Å². The molecule has 0 N–H and O–H groups in total. The number of rotatable bonds is 3. The molecule has 1 aromatic rings. The second-order valence-corrected chi connectivity index (χ2v) is 3.74. The van der Waals surface area contributed by atoms with Gasteiger partial charge < -0.3 is 4.74 Å². The minimum absolute atomic E-state index is 0.138. The Kier molecular flexibility index (Phi) is 4.24. The van der Waals surface area contributed by atoms with Crippen LogP contribution in [0.15, 0.2) is 12.3 Å². The number of nitrogens with zero attached hydrogens (tertiary/aromatic N) is 1. The van der Waals surface area contributed by atoms with Gasteiger partial charge in [0.15, 0.2) is 0 Å². The predicted octanol–water partition coefficient (Wildman–Crippen LogP) is 1.93. The van der Waals surface area contributed by atoms with Crippen LogP contribution >= 0.6 is 22.6 Å². The lowest BCUT2D eigenvalue weighted by molar-refractivity contribution is -0.142. The maximum atomic E-state index is 12.6. The van der Waals surface area contributed by atoms with Crippen molar-refractivity contribution in [2.45, 2.75) is 13.3 Å². The van der Waals surface area contributed by atoms with Crippen molar-refractivity contribution < 1.29 is 13.9 Å². The average molecular weight is 309 g/mol. The molecule has 0 atom stereocenters. The molecule has 76 valence electrons. The highest BCUT2D eigenvalue weighted by molar-refractivity contribution is 14.1. The summed E-state index contributed by atoms with van der Waals surface area (Å²) in [7, 11) is 0. The summed E-state index contributed by atoms with van der Waals surface area (Å²) in [6, 6.07) is 1.29. The molecular formula is C9H9FINO2. The molecule has 0 saturated carbocycles. The first-order valence-electron chi connectivity index (χ1n) is 4.09. The van der Waals surface area contributed by atoms with Crippen LogP contribution in [0, 0.1) is 9.52 Å². The molecule has 0 aliphatic carbocycles. The fourth-order valence-electron chi connectivity index (χ4n) is 0.933. The molecule has 0 aliphatic rings. The van der Waals surface area contributed by atoms with E-state index < -0.39 is 5.95 Å². The Morgan fingerprint density at radius 3 is 3.00 bits per heavy atom. The SMILES string of the molecule is CCOC(=O)Cc1cnc(F)cc1I. The molecule has 0 unspecified atom stereocenters. The van der Waals surface area contributed by atoms with E-state index in [4.69, 9.17) is 4.74 Å². The third-order valence-electron chi connectivity index (χ3n) is 1.54. The molecule has 1 heterocycles. The Balaban J connectivity index is 2.72. The molecule has 0 spiro atoms. The summed E-state index contributed by atoms with van der Waals surface area (Å²) in [6.07, 6.45) is 1.49. The average Bonchev–Trinajstić information content (AvgIpc) is 2.10. The summed E-state index contributed by atoms with van der Waals surface area (Å²) < 4.78 is 18.1. The first kappa shape index (κ1) is 11.4. The fourth-order valence-corrected chi connectivity index (χ4v) is 1.52. The summed E-state index contributed by atoms with van der Waals surface area (Å²) in [5.41, 5.74) is 0.686. The minimum atomic E-state index is -0.540. The number of aromatic nitrogens is 1. The van der Waals surface area contributed by atoms with Crippen molar-refractivity contribution >= 4 is 28.6 Å². The monoisotopic (exact) mass is 309 g/mol. The van der Waals surface area contributed by atoms with Crippen LogP contribution in [-0.4, -0.2) is 17.6 Å². The quantitative estimate of drug-likeness (QED) is 0.486. The van der Waals surface area contributed by atoms with Crippen LogP contribution in [0.1, 0.15) is 12.5 Å². The number of hydrogen-bond acceptors (Lipinski definition) is 3. The van der Waals surface area contributed by atoms with E-state index in [0.717, 1.165) is 0 Å². The molecule has 3 nitrogen and oxygen atoms in total. The lowest BCUT2D eigenvalue weighted by Gasteiger charge is -2.03.